The highest BCUT2D eigenvalue weighted by molar-refractivity contribution is 5.96. The van der Waals surface area contributed by atoms with Gasteiger partial charge in [0.1, 0.15) is 18.1 Å². The number of carbonyl (C=O) groups excluding carboxylic acids is 3. The number of H-pyrrole nitrogens is 1. The van der Waals surface area contributed by atoms with Crippen LogP contribution >= 0.6 is 0 Å². The molecule has 0 bridgehead atoms. The van der Waals surface area contributed by atoms with Gasteiger partial charge in [0.05, 0.1) is 12.5 Å². The number of hydrogen-bond donors (Lipinski definition) is 8. The average molecular weight is 562 g/mol. The van der Waals surface area contributed by atoms with E-state index in [0.717, 1.165) is 10.9 Å². The van der Waals surface area contributed by atoms with E-state index in [0.29, 0.717) is 5.56 Å². The molecule has 1 aromatic carbocycles. The molecule has 3 amide bonds. The van der Waals surface area contributed by atoms with Crippen LogP contribution < -0.4 is 21.7 Å². The third kappa shape index (κ3) is 9.69. The molecule has 14 heteroatoms. The third-order valence-corrected chi connectivity index (χ3v) is 6.07. The van der Waals surface area contributed by atoms with Crippen molar-refractivity contribution in [1.29, 1.82) is 0 Å². The molecule has 1 heterocycles. The second kappa shape index (κ2) is 14.6. The summed E-state index contributed by atoms with van der Waals surface area (Å²) in [5.41, 5.74) is 7.20. The highest BCUT2D eigenvalue weighted by Gasteiger charge is 2.32. The lowest BCUT2D eigenvalue weighted by Gasteiger charge is -2.24. The number of carbonyl (C=O) groups is 6. The first-order valence-electron chi connectivity index (χ1n) is 12.7. The number of rotatable bonds is 16. The Balaban J connectivity index is 2.19. The summed E-state index contributed by atoms with van der Waals surface area (Å²) >= 11 is 0. The number of carboxylic acids is 3. The summed E-state index contributed by atoms with van der Waals surface area (Å²) < 4.78 is 0. The molecule has 2 aromatic rings. The van der Waals surface area contributed by atoms with Gasteiger partial charge in [0.25, 0.3) is 0 Å². The van der Waals surface area contributed by atoms with Crippen molar-refractivity contribution in [3.05, 3.63) is 36.0 Å². The van der Waals surface area contributed by atoms with E-state index in [9.17, 15) is 39.0 Å². The van der Waals surface area contributed by atoms with Crippen molar-refractivity contribution in [3.63, 3.8) is 0 Å². The molecule has 40 heavy (non-hydrogen) atoms. The van der Waals surface area contributed by atoms with Gasteiger partial charge in [-0.1, -0.05) is 32.0 Å². The summed E-state index contributed by atoms with van der Waals surface area (Å²) in [6, 6.07) is 1.52. The number of carboxylic acid groups (broad SMARTS) is 3. The van der Waals surface area contributed by atoms with Gasteiger partial charge in [-0.25, -0.2) is 4.79 Å². The normalized spacial score (nSPS) is 14.1. The maximum absolute atomic E-state index is 13.0. The van der Waals surface area contributed by atoms with Gasteiger partial charge in [-0.3, -0.25) is 24.0 Å². The molecule has 4 unspecified atom stereocenters. The minimum Gasteiger partial charge on any atom is -0.481 e. The molecule has 0 spiro atoms. The highest BCUT2D eigenvalue weighted by Crippen LogP contribution is 2.19. The smallest absolute Gasteiger partial charge is 0.326 e. The first-order valence-corrected chi connectivity index (χ1v) is 12.7. The highest BCUT2D eigenvalue weighted by atomic mass is 16.4. The second-order valence-corrected chi connectivity index (χ2v) is 9.85. The first kappa shape index (κ1) is 31.8. The van der Waals surface area contributed by atoms with E-state index >= 15 is 0 Å². The zero-order chi connectivity index (χ0) is 30.0. The van der Waals surface area contributed by atoms with Gasteiger partial charge in [-0.05, 0) is 30.4 Å². The molecular weight excluding hydrogens is 526 g/mol. The van der Waals surface area contributed by atoms with Gasteiger partial charge in [0.2, 0.25) is 17.7 Å². The zero-order valence-electron chi connectivity index (χ0n) is 22.2. The fourth-order valence-electron chi connectivity index (χ4n) is 4.08. The summed E-state index contributed by atoms with van der Waals surface area (Å²) in [7, 11) is 0. The summed E-state index contributed by atoms with van der Waals surface area (Å²) in [5, 5.41) is 35.7. The summed E-state index contributed by atoms with van der Waals surface area (Å²) in [6.07, 6.45) is -0.0210. The van der Waals surface area contributed by atoms with Crippen LogP contribution in [0.2, 0.25) is 0 Å². The first-order chi connectivity index (χ1) is 18.8. The molecule has 0 aliphatic rings. The van der Waals surface area contributed by atoms with Crippen LogP contribution in [-0.4, -0.2) is 80.1 Å². The van der Waals surface area contributed by atoms with E-state index < -0.39 is 72.6 Å². The van der Waals surface area contributed by atoms with Crippen molar-refractivity contribution >= 4 is 46.5 Å². The number of aromatic amines is 1. The minimum absolute atomic E-state index is 0.0575. The largest absolute Gasteiger partial charge is 0.481 e. The van der Waals surface area contributed by atoms with Crippen LogP contribution in [0.1, 0.15) is 45.1 Å². The van der Waals surface area contributed by atoms with Crippen LogP contribution in [0.3, 0.4) is 0 Å². The Morgan fingerprint density at radius 3 is 2.05 bits per heavy atom. The van der Waals surface area contributed by atoms with Gasteiger partial charge < -0.3 is 42.0 Å². The van der Waals surface area contributed by atoms with Crippen molar-refractivity contribution in [3.8, 4) is 0 Å². The lowest BCUT2D eigenvalue weighted by atomic mass is 10.0. The predicted octanol–water partition coefficient (Wildman–Crippen LogP) is -0.0377. The van der Waals surface area contributed by atoms with Crippen LogP contribution in [0.5, 0.6) is 0 Å². The van der Waals surface area contributed by atoms with E-state index in [2.05, 4.69) is 20.9 Å². The van der Waals surface area contributed by atoms with Gasteiger partial charge in [-0.15, -0.1) is 0 Å². The number of benzene rings is 1. The number of nitrogens with one attached hydrogen (secondary N) is 4. The standard InChI is InChI=1S/C26H35N5O9/c1-13(2)9-16(27)23(36)29-18(7-8-21(32)33)24(37)30-19(11-22(34)35)25(38)31-20(26(39)40)10-14-12-28-17-6-4-3-5-15(14)17/h3-6,12-13,16,18-20,28H,7-11,27H2,1-2H3,(H,29,36)(H,30,37)(H,31,38)(H,32,33)(H,34,35)(H,39,40). The molecule has 0 aliphatic heterocycles. The Morgan fingerprint density at radius 1 is 0.850 bits per heavy atom. The van der Waals surface area contributed by atoms with E-state index in [1.165, 1.54) is 0 Å². The van der Waals surface area contributed by atoms with Crippen LogP contribution in [-0.2, 0) is 35.2 Å². The predicted molar refractivity (Wildman–Crippen MR) is 142 cm³/mol. The van der Waals surface area contributed by atoms with Crippen molar-refractivity contribution in [2.45, 2.75) is 70.1 Å². The van der Waals surface area contributed by atoms with E-state index in [-0.39, 0.29) is 25.2 Å². The molecule has 0 saturated heterocycles. The van der Waals surface area contributed by atoms with E-state index in [1.54, 1.807) is 30.5 Å². The van der Waals surface area contributed by atoms with Crippen molar-refractivity contribution < 1.29 is 44.1 Å². The van der Waals surface area contributed by atoms with Gasteiger partial charge in [0.15, 0.2) is 0 Å². The Hall–Kier alpha value is -4.46. The maximum atomic E-state index is 13.0. The Kier molecular flexibility index (Phi) is 11.6. The Bertz CT molecular complexity index is 1240. The molecular formula is C26H35N5O9. The summed E-state index contributed by atoms with van der Waals surface area (Å²) in [6.45, 7) is 3.67. The van der Waals surface area contributed by atoms with Crippen molar-refractivity contribution in [2.75, 3.05) is 0 Å². The van der Waals surface area contributed by atoms with Gasteiger partial charge >= 0.3 is 17.9 Å². The Labute approximate surface area is 229 Å². The topological polar surface area (TPSA) is 241 Å². The van der Waals surface area contributed by atoms with Crippen LogP contribution in [0.15, 0.2) is 30.5 Å². The zero-order valence-corrected chi connectivity index (χ0v) is 22.2. The van der Waals surface area contributed by atoms with Crippen LogP contribution in [0.4, 0.5) is 0 Å². The second-order valence-electron chi connectivity index (χ2n) is 9.85. The molecule has 1 aromatic heterocycles. The number of amides is 3. The fourth-order valence-corrected chi connectivity index (χ4v) is 4.08. The number of nitrogens with two attached hydrogens (primary N) is 1. The number of fused-ring (bicyclic) bond motifs is 1. The fraction of sp³-hybridized carbons (Fsp3) is 0.462. The monoisotopic (exact) mass is 561 g/mol. The summed E-state index contributed by atoms with van der Waals surface area (Å²) in [5.74, 6) is -6.86. The molecule has 14 nitrogen and oxygen atoms in total. The number of aromatic nitrogens is 1. The molecule has 0 aliphatic carbocycles. The lowest BCUT2D eigenvalue weighted by Crippen LogP contribution is -2.57. The third-order valence-electron chi connectivity index (χ3n) is 6.07. The quantitative estimate of drug-likeness (QED) is 0.136. The van der Waals surface area contributed by atoms with Crippen LogP contribution in [0, 0.1) is 5.92 Å². The Morgan fingerprint density at radius 2 is 1.45 bits per heavy atom. The van der Waals surface area contributed by atoms with Crippen LogP contribution in [0.25, 0.3) is 10.9 Å². The molecule has 4 atom stereocenters. The molecule has 0 fully saturated rings. The average Bonchev–Trinajstić information content (AvgIpc) is 3.27. The molecule has 218 valence electrons. The number of hydrogen-bond acceptors (Lipinski definition) is 7. The molecule has 0 saturated carbocycles. The minimum atomic E-state index is -1.72. The van der Waals surface area contributed by atoms with Crippen molar-refractivity contribution in [2.24, 2.45) is 11.7 Å². The number of para-hydroxylation sites is 1. The van der Waals surface area contributed by atoms with E-state index in [4.69, 9.17) is 10.8 Å². The van der Waals surface area contributed by atoms with Gasteiger partial charge in [-0.2, -0.15) is 0 Å². The van der Waals surface area contributed by atoms with E-state index in [1.807, 2.05) is 13.8 Å². The van der Waals surface area contributed by atoms with Crippen molar-refractivity contribution in [1.82, 2.24) is 20.9 Å². The summed E-state index contributed by atoms with van der Waals surface area (Å²) in [4.78, 5) is 76.0. The molecule has 9 N–H and O–H groups in total. The molecule has 2 rings (SSSR count). The SMILES string of the molecule is CC(C)CC(N)C(=O)NC(CCC(=O)O)C(=O)NC(CC(=O)O)C(=O)NC(Cc1c[nH]c2ccccc12)C(=O)O. The maximum Gasteiger partial charge on any atom is 0.326 e. The number of aliphatic carboxylic acids is 3. The lowest BCUT2D eigenvalue weighted by molar-refractivity contribution is -0.143. The molecule has 0 radical (unpaired) electrons. The van der Waals surface area contributed by atoms with Gasteiger partial charge in [0, 0.05) is 29.9 Å².